The molecule has 3 nitrogen and oxygen atoms in total. The minimum atomic E-state index is -3.44. The van der Waals surface area contributed by atoms with Gasteiger partial charge in [-0.2, -0.15) is 0 Å². The van der Waals surface area contributed by atoms with Crippen LogP contribution >= 0.6 is 11.6 Å². The topological polar surface area (TPSA) is 46.2 Å². The molecule has 0 atom stereocenters. The van der Waals surface area contributed by atoms with Gasteiger partial charge < -0.3 is 0 Å². The van der Waals surface area contributed by atoms with E-state index in [0.29, 0.717) is 23.2 Å². The molecule has 1 aromatic rings. The van der Waals surface area contributed by atoms with Crippen molar-refractivity contribution in [3.8, 4) is 0 Å². The Hall–Kier alpha value is -0.580. The Balaban J connectivity index is 2.79. The average molecular weight is 318 g/mol. The van der Waals surface area contributed by atoms with Crippen LogP contribution in [0.15, 0.2) is 29.2 Å². The van der Waals surface area contributed by atoms with Gasteiger partial charge in [-0.3, -0.25) is 0 Å². The van der Waals surface area contributed by atoms with Crippen LogP contribution in [0.4, 0.5) is 0 Å². The third-order valence-corrected chi connectivity index (χ3v) is 5.50. The zero-order valence-electron chi connectivity index (χ0n) is 12.6. The molecule has 0 bridgehead atoms. The van der Waals surface area contributed by atoms with Gasteiger partial charge in [0.1, 0.15) is 0 Å². The minimum absolute atomic E-state index is 0.0777. The van der Waals surface area contributed by atoms with Gasteiger partial charge in [0.25, 0.3) is 0 Å². The highest BCUT2D eigenvalue weighted by atomic mass is 35.5. The van der Waals surface area contributed by atoms with Crippen molar-refractivity contribution in [1.29, 1.82) is 0 Å². The van der Waals surface area contributed by atoms with Gasteiger partial charge >= 0.3 is 0 Å². The summed E-state index contributed by atoms with van der Waals surface area (Å²) < 4.78 is 27.2. The smallest absolute Gasteiger partial charge is 0.211 e. The molecule has 0 unspecified atom stereocenters. The Bertz CT molecular complexity index is 521. The fourth-order valence-electron chi connectivity index (χ4n) is 1.51. The predicted molar refractivity (Wildman–Crippen MR) is 84.7 cm³/mol. The summed E-state index contributed by atoms with van der Waals surface area (Å²) in [5.41, 5.74) is 0.965. The van der Waals surface area contributed by atoms with Crippen LogP contribution in [0.25, 0.3) is 0 Å². The standard InChI is InChI=1S/C15H24ClNO2S/c1-12(2)15(3,4)11-17-20(18,19)14-7-5-13(6-8-14)9-10-16/h5-8,12,17H,9-11H2,1-4H3. The molecule has 0 fully saturated rings. The molecule has 0 saturated carbocycles. The highest BCUT2D eigenvalue weighted by Crippen LogP contribution is 2.25. The first kappa shape index (κ1) is 17.5. The zero-order chi connectivity index (χ0) is 15.4. The van der Waals surface area contributed by atoms with Gasteiger partial charge in [-0.25, -0.2) is 13.1 Å². The van der Waals surface area contributed by atoms with Crippen molar-refractivity contribution in [2.75, 3.05) is 12.4 Å². The second kappa shape index (κ2) is 6.92. The average Bonchev–Trinajstić information content (AvgIpc) is 2.38. The second-order valence-electron chi connectivity index (χ2n) is 6.05. The third kappa shape index (κ3) is 4.76. The number of alkyl halides is 1. The lowest BCUT2D eigenvalue weighted by Crippen LogP contribution is -2.36. The highest BCUT2D eigenvalue weighted by molar-refractivity contribution is 7.89. The number of sulfonamides is 1. The summed E-state index contributed by atoms with van der Waals surface area (Å²) in [5, 5.41) is 0. The molecule has 114 valence electrons. The van der Waals surface area contributed by atoms with Crippen LogP contribution in [0.1, 0.15) is 33.3 Å². The van der Waals surface area contributed by atoms with Crippen LogP contribution in [-0.4, -0.2) is 20.8 Å². The lowest BCUT2D eigenvalue weighted by molar-refractivity contribution is 0.252. The lowest BCUT2D eigenvalue weighted by atomic mass is 9.81. The van der Waals surface area contributed by atoms with Gasteiger partial charge in [0.05, 0.1) is 4.90 Å². The maximum atomic E-state index is 12.2. The summed E-state index contributed by atoms with van der Waals surface area (Å²) in [6.45, 7) is 8.73. The minimum Gasteiger partial charge on any atom is -0.211 e. The normalized spacial score (nSPS) is 12.9. The quantitative estimate of drug-likeness (QED) is 0.783. The van der Waals surface area contributed by atoms with Crippen molar-refractivity contribution >= 4 is 21.6 Å². The van der Waals surface area contributed by atoms with Crippen molar-refractivity contribution in [2.45, 2.75) is 39.0 Å². The van der Waals surface area contributed by atoms with E-state index in [2.05, 4.69) is 32.4 Å². The van der Waals surface area contributed by atoms with Crippen LogP contribution in [0.2, 0.25) is 0 Å². The Labute approximate surface area is 127 Å². The van der Waals surface area contributed by atoms with Crippen molar-refractivity contribution in [3.63, 3.8) is 0 Å². The van der Waals surface area contributed by atoms with E-state index >= 15 is 0 Å². The van der Waals surface area contributed by atoms with E-state index in [0.717, 1.165) is 12.0 Å². The maximum Gasteiger partial charge on any atom is 0.240 e. The van der Waals surface area contributed by atoms with Crippen LogP contribution < -0.4 is 4.72 Å². The first-order chi connectivity index (χ1) is 9.19. The number of halogens is 1. The van der Waals surface area contributed by atoms with Gasteiger partial charge in [0, 0.05) is 12.4 Å². The summed E-state index contributed by atoms with van der Waals surface area (Å²) in [6.07, 6.45) is 0.746. The molecule has 5 heteroatoms. The van der Waals surface area contributed by atoms with Gasteiger partial charge in [-0.05, 0) is 35.4 Å². The summed E-state index contributed by atoms with van der Waals surface area (Å²) in [6, 6.07) is 6.88. The van der Waals surface area contributed by atoms with Crippen LogP contribution in [-0.2, 0) is 16.4 Å². The molecule has 0 amide bonds. The van der Waals surface area contributed by atoms with E-state index in [9.17, 15) is 8.42 Å². The molecular weight excluding hydrogens is 294 g/mol. The van der Waals surface area contributed by atoms with Crippen LogP contribution in [0.3, 0.4) is 0 Å². The summed E-state index contributed by atoms with van der Waals surface area (Å²) in [7, 11) is -3.44. The number of hydrogen-bond acceptors (Lipinski definition) is 2. The van der Waals surface area contributed by atoms with Gasteiger partial charge in [-0.1, -0.05) is 39.8 Å². The molecule has 1 rings (SSSR count). The largest absolute Gasteiger partial charge is 0.240 e. The summed E-state index contributed by atoms with van der Waals surface area (Å²) in [4.78, 5) is 0.301. The third-order valence-electron chi connectivity index (χ3n) is 3.90. The lowest BCUT2D eigenvalue weighted by Gasteiger charge is -2.29. The fourth-order valence-corrected chi connectivity index (χ4v) is 2.95. The van der Waals surface area contributed by atoms with Crippen molar-refractivity contribution in [3.05, 3.63) is 29.8 Å². The molecule has 0 aliphatic carbocycles. The number of nitrogens with one attached hydrogen (secondary N) is 1. The van der Waals surface area contributed by atoms with E-state index in [1.54, 1.807) is 12.1 Å². The Morgan fingerprint density at radius 1 is 1.20 bits per heavy atom. The molecule has 0 saturated heterocycles. The van der Waals surface area contributed by atoms with E-state index < -0.39 is 10.0 Å². The Morgan fingerprint density at radius 3 is 2.20 bits per heavy atom. The molecule has 0 aliphatic heterocycles. The molecule has 1 aromatic carbocycles. The highest BCUT2D eigenvalue weighted by Gasteiger charge is 2.25. The Morgan fingerprint density at radius 2 is 1.75 bits per heavy atom. The predicted octanol–water partition coefficient (Wildman–Crippen LogP) is 3.43. The van der Waals surface area contributed by atoms with Gasteiger partial charge in [-0.15, -0.1) is 11.6 Å². The second-order valence-corrected chi connectivity index (χ2v) is 8.20. The molecule has 0 aliphatic rings. The Kier molecular flexibility index (Phi) is 6.05. The van der Waals surface area contributed by atoms with Crippen molar-refractivity contribution in [2.24, 2.45) is 11.3 Å². The maximum absolute atomic E-state index is 12.2. The van der Waals surface area contributed by atoms with Crippen molar-refractivity contribution < 1.29 is 8.42 Å². The number of aryl methyl sites for hydroxylation is 1. The number of rotatable bonds is 7. The number of benzene rings is 1. The van der Waals surface area contributed by atoms with Crippen LogP contribution in [0.5, 0.6) is 0 Å². The van der Waals surface area contributed by atoms with E-state index in [1.807, 2.05) is 12.1 Å². The van der Waals surface area contributed by atoms with E-state index in [4.69, 9.17) is 11.6 Å². The van der Waals surface area contributed by atoms with Gasteiger partial charge in [0.15, 0.2) is 0 Å². The van der Waals surface area contributed by atoms with Gasteiger partial charge in [0.2, 0.25) is 10.0 Å². The molecule has 0 aromatic heterocycles. The fraction of sp³-hybridized carbons (Fsp3) is 0.600. The monoisotopic (exact) mass is 317 g/mol. The molecule has 0 heterocycles. The first-order valence-corrected chi connectivity index (χ1v) is 8.85. The SMILES string of the molecule is CC(C)C(C)(C)CNS(=O)(=O)c1ccc(CCCl)cc1. The zero-order valence-corrected chi connectivity index (χ0v) is 14.2. The molecule has 20 heavy (non-hydrogen) atoms. The molecule has 1 N–H and O–H groups in total. The van der Waals surface area contributed by atoms with Crippen molar-refractivity contribution in [1.82, 2.24) is 4.72 Å². The molecule has 0 radical (unpaired) electrons. The summed E-state index contributed by atoms with van der Waals surface area (Å²) in [5.74, 6) is 0.934. The van der Waals surface area contributed by atoms with E-state index in [-0.39, 0.29) is 5.41 Å². The first-order valence-electron chi connectivity index (χ1n) is 6.83. The van der Waals surface area contributed by atoms with Crippen LogP contribution in [0, 0.1) is 11.3 Å². The number of hydrogen-bond donors (Lipinski definition) is 1. The van der Waals surface area contributed by atoms with E-state index in [1.165, 1.54) is 0 Å². The molecular formula is C15H24ClNO2S. The molecule has 0 spiro atoms. The summed E-state index contributed by atoms with van der Waals surface area (Å²) >= 11 is 5.66.